The molecule has 230 valence electrons. The molecule has 0 fully saturated rings. The molecule has 1 atom stereocenters. The lowest BCUT2D eigenvalue weighted by Crippen LogP contribution is -2.53. The molecule has 4 aromatic rings. The quantitative estimate of drug-likeness (QED) is 0.207. The normalized spacial score (nSPS) is 11.8. The summed E-state index contributed by atoms with van der Waals surface area (Å²) in [7, 11) is -2.67. The SMILES string of the molecule is CCCNC(=O)[C@H](Cc1ccccc1)N(Cc1ccc(C)cc1)C(=O)CN(c1ccccc1)S(=O)(=O)c1ccc(OC)cc1. The number of rotatable bonds is 14. The molecule has 0 unspecified atom stereocenters. The highest BCUT2D eigenvalue weighted by molar-refractivity contribution is 7.92. The number of para-hydroxylation sites is 1. The summed E-state index contributed by atoms with van der Waals surface area (Å²) in [6, 6.07) is 30.9. The molecule has 0 aliphatic rings. The molecule has 44 heavy (non-hydrogen) atoms. The molecule has 0 spiro atoms. The van der Waals surface area contributed by atoms with Crippen LogP contribution in [0.1, 0.15) is 30.0 Å². The molecule has 0 heterocycles. The molecule has 0 bridgehead atoms. The molecule has 4 aromatic carbocycles. The number of ether oxygens (including phenoxy) is 1. The predicted octanol–water partition coefficient (Wildman–Crippen LogP) is 5.37. The summed E-state index contributed by atoms with van der Waals surface area (Å²) in [6.45, 7) is 4.02. The van der Waals surface area contributed by atoms with Gasteiger partial charge in [0, 0.05) is 19.5 Å². The predicted molar refractivity (Wildman–Crippen MR) is 173 cm³/mol. The monoisotopic (exact) mass is 613 g/mol. The molecule has 0 aromatic heterocycles. The van der Waals surface area contributed by atoms with Crippen LogP contribution in [0.2, 0.25) is 0 Å². The molecule has 8 nitrogen and oxygen atoms in total. The fraction of sp³-hybridized carbons (Fsp3) is 0.257. The van der Waals surface area contributed by atoms with Crippen molar-refractivity contribution in [3.63, 3.8) is 0 Å². The first-order valence-corrected chi connectivity index (χ1v) is 16.1. The average molecular weight is 614 g/mol. The standard InChI is InChI=1S/C35H39N3O5S/c1-4-23-36-35(40)33(24-28-11-7-5-8-12-28)37(25-29-17-15-27(2)16-18-29)34(39)26-38(30-13-9-6-10-14-30)44(41,42)32-21-19-31(43-3)20-22-32/h5-22,33H,4,23-26H2,1-3H3,(H,36,40)/t33-/m0/s1. The zero-order valence-corrected chi connectivity index (χ0v) is 26.2. The Morgan fingerprint density at radius 1 is 0.818 bits per heavy atom. The Morgan fingerprint density at radius 3 is 2.02 bits per heavy atom. The van der Waals surface area contributed by atoms with E-state index in [1.54, 1.807) is 42.5 Å². The van der Waals surface area contributed by atoms with Crippen molar-refractivity contribution in [2.75, 3.05) is 24.5 Å². The maximum atomic E-state index is 14.4. The first-order valence-electron chi connectivity index (χ1n) is 14.6. The number of hydrogen-bond donors (Lipinski definition) is 1. The van der Waals surface area contributed by atoms with Crippen LogP contribution >= 0.6 is 0 Å². The molecular weight excluding hydrogens is 574 g/mol. The highest BCUT2D eigenvalue weighted by atomic mass is 32.2. The minimum absolute atomic E-state index is 0.0153. The molecule has 9 heteroatoms. The number of carbonyl (C=O) groups excluding carboxylic acids is 2. The maximum absolute atomic E-state index is 14.4. The number of anilines is 1. The van der Waals surface area contributed by atoms with Crippen LogP contribution in [0.5, 0.6) is 5.75 Å². The molecule has 0 saturated carbocycles. The molecule has 0 saturated heterocycles. The molecule has 0 radical (unpaired) electrons. The number of benzene rings is 4. The largest absolute Gasteiger partial charge is 0.497 e. The Bertz CT molecular complexity index is 1610. The van der Waals surface area contributed by atoms with Crippen LogP contribution in [0.25, 0.3) is 0 Å². The smallest absolute Gasteiger partial charge is 0.264 e. The highest BCUT2D eigenvalue weighted by Crippen LogP contribution is 2.26. The van der Waals surface area contributed by atoms with E-state index in [4.69, 9.17) is 4.74 Å². The minimum atomic E-state index is -4.18. The van der Waals surface area contributed by atoms with Crippen molar-refractivity contribution in [2.24, 2.45) is 0 Å². The summed E-state index contributed by atoms with van der Waals surface area (Å²) in [5.74, 6) is -0.281. The van der Waals surface area contributed by atoms with Crippen molar-refractivity contribution in [1.82, 2.24) is 10.2 Å². The first kappa shape index (κ1) is 32.3. The van der Waals surface area contributed by atoms with Gasteiger partial charge in [-0.05, 0) is 60.9 Å². The van der Waals surface area contributed by atoms with Crippen LogP contribution in [0.15, 0.2) is 114 Å². The van der Waals surface area contributed by atoms with E-state index in [9.17, 15) is 18.0 Å². The van der Waals surface area contributed by atoms with Crippen LogP contribution in [-0.2, 0) is 32.6 Å². The van der Waals surface area contributed by atoms with Gasteiger partial charge in [0.2, 0.25) is 11.8 Å². The summed E-state index contributed by atoms with van der Waals surface area (Å²) in [5.41, 5.74) is 3.11. The first-order chi connectivity index (χ1) is 21.2. The van der Waals surface area contributed by atoms with Gasteiger partial charge in [-0.25, -0.2) is 8.42 Å². The van der Waals surface area contributed by atoms with Gasteiger partial charge in [0.25, 0.3) is 10.0 Å². The summed E-state index contributed by atoms with van der Waals surface area (Å²) in [6.07, 6.45) is 1.00. The van der Waals surface area contributed by atoms with E-state index in [-0.39, 0.29) is 23.8 Å². The third-order valence-electron chi connectivity index (χ3n) is 7.26. The highest BCUT2D eigenvalue weighted by Gasteiger charge is 2.34. The van der Waals surface area contributed by atoms with Crippen molar-refractivity contribution >= 4 is 27.5 Å². The Kier molecular flexibility index (Phi) is 11.2. The van der Waals surface area contributed by atoms with E-state index in [0.29, 0.717) is 18.0 Å². The number of methoxy groups -OCH3 is 1. The molecular formula is C35H39N3O5S. The summed E-state index contributed by atoms with van der Waals surface area (Å²) >= 11 is 0. The van der Waals surface area contributed by atoms with Gasteiger partial charge in [0.1, 0.15) is 18.3 Å². The fourth-order valence-corrected chi connectivity index (χ4v) is 6.22. The second kappa shape index (κ2) is 15.2. The Labute approximate surface area is 260 Å². The van der Waals surface area contributed by atoms with Crippen LogP contribution in [-0.4, -0.2) is 51.4 Å². The lowest BCUT2D eigenvalue weighted by atomic mass is 10.0. The topological polar surface area (TPSA) is 96.0 Å². The van der Waals surface area contributed by atoms with Crippen molar-refractivity contribution in [3.05, 3.63) is 126 Å². The number of nitrogens with one attached hydrogen (secondary N) is 1. The Morgan fingerprint density at radius 2 is 1.43 bits per heavy atom. The summed E-state index contributed by atoms with van der Waals surface area (Å²) in [4.78, 5) is 29.6. The van der Waals surface area contributed by atoms with E-state index in [1.165, 1.54) is 24.1 Å². The minimum Gasteiger partial charge on any atom is -0.497 e. The van der Waals surface area contributed by atoms with Crippen LogP contribution < -0.4 is 14.4 Å². The van der Waals surface area contributed by atoms with Crippen molar-refractivity contribution in [3.8, 4) is 5.75 Å². The van der Waals surface area contributed by atoms with Crippen LogP contribution in [0, 0.1) is 6.92 Å². The average Bonchev–Trinajstić information content (AvgIpc) is 3.05. The van der Waals surface area contributed by atoms with E-state index in [2.05, 4.69) is 5.32 Å². The molecule has 0 aliphatic heterocycles. The number of amides is 2. The van der Waals surface area contributed by atoms with E-state index >= 15 is 0 Å². The van der Waals surface area contributed by atoms with Gasteiger partial charge in [-0.2, -0.15) is 0 Å². The van der Waals surface area contributed by atoms with Crippen molar-refractivity contribution in [2.45, 2.75) is 44.2 Å². The summed E-state index contributed by atoms with van der Waals surface area (Å²) in [5, 5.41) is 2.96. The van der Waals surface area contributed by atoms with Gasteiger partial charge >= 0.3 is 0 Å². The van der Waals surface area contributed by atoms with Gasteiger partial charge < -0.3 is 15.0 Å². The van der Waals surface area contributed by atoms with Gasteiger partial charge in [0.15, 0.2) is 0 Å². The van der Waals surface area contributed by atoms with E-state index in [1.807, 2.05) is 68.4 Å². The molecule has 4 rings (SSSR count). The lowest BCUT2D eigenvalue weighted by molar-refractivity contribution is -0.140. The van der Waals surface area contributed by atoms with E-state index < -0.39 is 28.5 Å². The zero-order chi connectivity index (χ0) is 31.5. The number of nitrogens with zero attached hydrogens (tertiary/aromatic N) is 2. The summed E-state index contributed by atoms with van der Waals surface area (Å²) < 4.78 is 34.4. The third kappa shape index (κ3) is 8.26. The maximum Gasteiger partial charge on any atom is 0.264 e. The van der Waals surface area contributed by atoms with Gasteiger partial charge in [0.05, 0.1) is 17.7 Å². The van der Waals surface area contributed by atoms with Crippen molar-refractivity contribution in [1.29, 1.82) is 0 Å². The third-order valence-corrected chi connectivity index (χ3v) is 9.05. The second-order valence-corrected chi connectivity index (χ2v) is 12.4. The second-order valence-electron chi connectivity index (χ2n) is 10.5. The Hall–Kier alpha value is -4.63. The van der Waals surface area contributed by atoms with Crippen LogP contribution in [0.3, 0.4) is 0 Å². The fourth-order valence-electron chi connectivity index (χ4n) is 4.81. The molecule has 1 N–H and O–H groups in total. The number of hydrogen-bond acceptors (Lipinski definition) is 5. The Balaban J connectivity index is 1.77. The van der Waals surface area contributed by atoms with E-state index in [0.717, 1.165) is 27.4 Å². The zero-order valence-electron chi connectivity index (χ0n) is 25.3. The number of carbonyl (C=O) groups is 2. The molecule has 0 aliphatic carbocycles. The van der Waals surface area contributed by atoms with Gasteiger partial charge in [-0.1, -0.05) is 85.3 Å². The van der Waals surface area contributed by atoms with Crippen molar-refractivity contribution < 1.29 is 22.7 Å². The van der Waals surface area contributed by atoms with Crippen LogP contribution in [0.4, 0.5) is 5.69 Å². The number of sulfonamides is 1. The number of aryl methyl sites for hydroxylation is 1. The van der Waals surface area contributed by atoms with Gasteiger partial charge in [-0.15, -0.1) is 0 Å². The van der Waals surface area contributed by atoms with Gasteiger partial charge in [-0.3, -0.25) is 13.9 Å². The lowest BCUT2D eigenvalue weighted by Gasteiger charge is -2.34. The molecule has 2 amide bonds.